The Balaban J connectivity index is 2.14. The Kier molecular flexibility index (Phi) is 3.50. The van der Waals surface area contributed by atoms with Gasteiger partial charge in [0.05, 0.1) is 13.0 Å². The molecule has 7 heteroatoms. The molecule has 1 aromatic heterocycles. The largest absolute Gasteiger partial charge is 0.469 e. The summed E-state index contributed by atoms with van der Waals surface area (Å²) in [4.78, 5) is 11.3. The number of sulfonamides is 1. The van der Waals surface area contributed by atoms with Crippen LogP contribution in [0.5, 0.6) is 0 Å². The molecular weight excluding hydrogens is 262 g/mol. The van der Waals surface area contributed by atoms with Crippen LogP contribution in [0.25, 0.3) is 0 Å². The number of esters is 1. The van der Waals surface area contributed by atoms with Gasteiger partial charge in [0.15, 0.2) is 0 Å². The number of hydrogen-bond acceptors (Lipinski definition) is 5. The molecule has 0 saturated carbocycles. The molecule has 94 valence electrons. The summed E-state index contributed by atoms with van der Waals surface area (Å²) < 4.78 is 30.6. The Morgan fingerprint density at radius 3 is 2.94 bits per heavy atom. The second kappa shape index (κ2) is 4.75. The Morgan fingerprint density at radius 1 is 1.59 bits per heavy atom. The van der Waals surface area contributed by atoms with E-state index in [4.69, 9.17) is 0 Å². The first-order chi connectivity index (χ1) is 8.05. The van der Waals surface area contributed by atoms with Crippen LogP contribution in [0.3, 0.4) is 0 Å². The summed E-state index contributed by atoms with van der Waals surface area (Å²) in [7, 11) is -2.11. The standard InChI is InChI=1S/C10H13NO4S2/c1-15-10(12)8-4-5-11(7-8)17(13,14)9-3-2-6-16-9/h2-3,6,8H,4-5,7H2,1H3. The topological polar surface area (TPSA) is 63.7 Å². The van der Waals surface area contributed by atoms with Crippen LogP contribution in [0.15, 0.2) is 21.7 Å². The molecule has 1 atom stereocenters. The van der Waals surface area contributed by atoms with Crippen LogP contribution >= 0.6 is 11.3 Å². The first-order valence-corrected chi connectivity index (χ1v) is 7.49. The molecule has 5 nitrogen and oxygen atoms in total. The van der Waals surface area contributed by atoms with Gasteiger partial charge in [-0.1, -0.05) is 6.07 Å². The van der Waals surface area contributed by atoms with E-state index in [1.165, 1.54) is 22.8 Å². The lowest BCUT2D eigenvalue weighted by atomic mass is 10.1. The minimum atomic E-state index is -3.43. The number of rotatable bonds is 3. The van der Waals surface area contributed by atoms with Crippen molar-refractivity contribution in [2.75, 3.05) is 20.2 Å². The molecule has 0 amide bonds. The lowest BCUT2D eigenvalue weighted by Crippen LogP contribution is -2.29. The summed E-state index contributed by atoms with van der Waals surface area (Å²) in [5.74, 6) is -0.677. The quantitative estimate of drug-likeness (QED) is 0.770. The summed E-state index contributed by atoms with van der Waals surface area (Å²) in [5.41, 5.74) is 0. The molecule has 0 aromatic carbocycles. The molecule has 1 aromatic rings. The maximum absolute atomic E-state index is 12.1. The Labute approximate surface area is 104 Å². The van der Waals surface area contributed by atoms with Crippen molar-refractivity contribution in [3.05, 3.63) is 17.5 Å². The van der Waals surface area contributed by atoms with Crippen molar-refractivity contribution in [2.24, 2.45) is 5.92 Å². The van der Waals surface area contributed by atoms with Gasteiger partial charge in [0, 0.05) is 13.1 Å². The molecule has 1 fully saturated rings. The zero-order chi connectivity index (χ0) is 12.5. The number of carbonyl (C=O) groups is 1. The van der Waals surface area contributed by atoms with Crippen LogP contribution in [0.4, 0.5) is 0 Å². The molecule has 0 aliphatic carbocycles. The van der Waals surface area contributed by atoms with E-state index in [1.54, 1.807) is 17.5 Å². The minimum absolute atomic E-state index is 0.215. The summed E-state index contributed by atoms with van der Waals surface area (Å²) in [5, 5.41) is 1.72. The fourth-order valence-electron chi connectivity index (χ4n) is 1.84. The molecule has 1 aliphatic rings. The maximum atomic E-state index is 12.1. The molecule has 0 spiro atoms. The summed E-state index contributed by atoms with van der Waals surface area (Å²) in [6.45, 7) is 0.590. The molecular formula is C10H13NO4S2. The van der Waals surface area contributed by atoms with Gasteiger partial charge in [-0.25, -0.2) is 8.42 Å². The third kappa shape index (κ3) is 2.36. The van der Waals surface area contributed by atoms with Crippen LogP contribution in [0, 0.1) is 5.92 Å². The van der Waals surface area contributed by atoms with Gasteiger partial charge >= 0.3 is 5.97 Å². The summed E-state index contributed by atoms with van der Waals surface area (Å²) in [6, 6.07) is 3.27. The number of carbonyl (C=O) groups excluding carboxylic acids is 1. The van der Waals surface area contributed by atoms with E-state index in [0.717, 1.165) is 0 Å². The average molecular weight is 275 g/mol. The van der Waals surface area contributed by atoms with Crippen LogP contribution in [-0.2, 0) is 19.6 Å². The predicted octanol–water partition coefficient (Wildman–Crippen LogP) is 0.932. The maximum Gasteiger partial charge on any atom is 0.310 e. The highest BCUT2D eigenvalue weighted by atomic mass is 32.2. The highest BCUT2D eigenvalue weighted by Gasteiger charge is 2.36. The predicted molar refractivity (Wildman–Crippen MR) is 63.2 cm³/mol. The first kappa shape index (κ1) is 12.5. The molecule has 2 rings (SSSR count). The molecule has 0 bridgehead atoms. The number of hydrogen-bond donors (Lipinski definition) is 0. The second-order valence-corrected chi connectivity index (χ2v) is 6.92. The Hall–Kier alpha value is -0.920. The SMILES string of the molecule is COC(=O)C1CCN(S(=O)(=O)c2cccs2)C1. The zero-order valence-electron chi connectivity index (χ0n) is 9.33. The van der Waals surface area contributed by atoms with E-state index in [2.05, 4.69) is 4.74 Å². The number of methoxy groups -OCH3 is 1. The molecule has 1 saturated heterocycles. The van der Waals surface area contributed by atoms with Crippen LogP contribution < -0.4 is 0 Å². The van der Waals surface area contributed by atoms with E-state index in [1.807, 2.05) is 0 Å². The first-order valence-electron chi connectivity index (χ1n) is 5.17. The van der Waals surface area contributed by atoms with Gasteiger partial charge < -0.3 is 4.74 Å². The van der Waals surface area contributed by atoms with Gasteiger partial charge in [0.25, 0.3) is 10.0 Å². The molecule has 2 heterocycles. The fourth-order valence-corrected chi connectivity index (χ4v) is 4.49. The van der Waals surface area contributed by atoms with Crippen LogP contribution in [0.1, 0.15) is 6.42 Å². The van der Waals surface area contributed by atoms with Crippen molar-refractivity contribution in [3.63, 3.8) is 0 Å². The minimum Gasteiger partial charge on any atom is -0.469 e. The monoisotopic (exact) mass is 275 g/mol. The van der Waals surface area contributed by atoms with Gasteiger partial charge in [-0.15, -0.1) is 11.3 Å². The zero-order valence-corrected chi connectivity index (χ0v) is 11.0. The van der Waals surface area contributed by atoms with Crippen LogP contribution in [0.2, 0.25) is 0 Å². The Morgan fingerprint density at radius 2 is 2.35 bits per heavy atom. The molecule has 0 N–H and O–H groups in total. The molecule has 0 radical (unpaired) electrons. The number of nitrogens with zero attached hydrogens (tertiary/aromatic N) is 1. The lowest BCUT2D eigenvalue weighted by Gasteiger charge is -2.14. The average Bonchev–Trinajstić information content (AvgIpc) is 2.98. The van der Waals surface area contributed by atoms with Crippen molar-refractivity contribution < 1.29 is 17.9 Å². The fraction of sp³-hybridized carbons (Fsp3) is 0.500. The van der Waals surface area contributed by atoms with Crippen molar-refractivity contribution in [1.29, 1.82) is 0 Å². The number of ether oxygens (including phenoxy) is 1. The lowest BCUT2D eigenvalue weighted by molar-refractivity contribution is -0.144. The van der Waals surface area contributed by atoms with Gasteiger partial charge in [-0.05, 0) is 17.9 Å². The van der Waals surface area contributed by atoms with Gasteiger partial charge in [-0.2, -0.15) is 4.31 Å². The van der Waals surface area contributed by atoms with Crippen molar-refractivity contribution in [2.45, 2.75) is 10.6 Å². The van der Waals surface area contributed by atoms with Crippen molar-refractivity contribution in [3.8, 4) is 0 Å². The van der Waals surface area contributed by atoms with Crippen molar-refractivity contribution >= 4 is 27.3 Å². The highest BCUT2D eigenvalue weighted by molar-refractivity contribution is 7.91. The van der Waals surface area contributed by atoms with E-state index < -0.39 is 10.0 Å². The van der Waals surface area contributed by atoms with E-state index in [0.29, 0.717) is 17.2 Å². The third-order valence-electron chi connectivity index (χ3n) is 2.77. The smallest absolute Gasteiger partial charge is 0.310 e. The summed E-state index contributed by atoms with van der Waals surface area (Å²) in [6.07, 6.45) is 0.525. The van der Waals surface area contributed by atoms with E-state index in [-0.39, 0.29) is 18.4 Å². The summed E-state index contributed by atoms with van der Waals surface area (Å²) >= 11 is 1.19. The third-order valence-corrected chi connectivity index (χ3v) is 6.01. The molecule has 17 heavy (non-hydrogen) atoms. The van der Waals surface area contributed by atoms with E-state index >= 15 is 0 Å². The van der Waals surface area contributed by atoms with Gasteiger partial charge in [0.2, 0.25) is 0 Å². The van der Waals surface area contributed by atoms with E-state index in [9.17, 15) is 13.2 Å². The number of thiophene rings is 1. The molecule has 1 aliphatic heterocycles. The van der Waals surface area contributed by atoms with Gasteiger partial charge in [-0.3, -0.25) is 4.79 Å². The highest BCUT2D eigenvalue weighted by Crippen LogP contribution is 2.27. The normalized spacial score (nSPS) is 21.6. The Bertz CT molecular complexity index is 494. The van der Waals surface area contributed by atoms with Crippen LogP contribution in [-0.4, -0.2) is 38.9 Å². The van der Waals surface area contributed by atoms with Crippen molar-refractivity contribution in [1.82, 2.24) is 4.31 Å². The molecule has 1 unspecified atom stereocenters. The van der Waals surface area contributed by atoms with Gasteiger partial charge in [0.1, 0.15) is 4.21 Å². The second-order valence-electron chi connectivity index (χ2n) is 3.80.